The highest BCUT2D eigenvalue weighted by Gasteiger charge is 2.32. The summed E-state index contributed by atoms with van der Waals surface area (Å²) < 4.78 is 13.9. The Balaban J connectivity index is 2.71. The maximum atomic E-state index is 13.9. The van der Waals surface area contributed by atoms with Crippen LogP contribution >= 0.6 is 0 Å². The van der Waals surface area contributed by atoms with Gasteiger partial charge in [0.25, 0.3) is 0 Å². The molecule has 0 fully saturated rings. The van der Waals surface area contributed by atoms with Gasteiger partial charge in [0, 0.05) is 18.7 Å². The highest BCUT2D eigenvalue weighted by Crippen LogP contribution is 2.26. The number of aliphatic hydroxyl groups is 1. The Labute approximate surface area is 126 Å². The molecule has 0 aliphatic heterocycles. The third-order valence-corrected chi connectivity index (χ3v) is 3.90. The molecular formula is C17H26FNO2. The van der Waals surface area contributed by atoms with Gasteiger partial charge in [0.1, 0.15) is 5.82 Å². The Hall–Kier alpha value is -1.42. The summed E-state index contributed by atoms with van der Waals surface area (Å²) in [6.07, 6.45) is 2.65. The minimum Gasteiger partial charge on any atom is -0.396 e. The van der Waals surface area contributed by atoms with Crippen LogP contribution in [0.2, 0.25) is 0 Å². The van der Waals surface area contributed by atoms with E-state index in [2.05, 4.69) is 12.2 Å². The van der Waals surface area contributed by atoms with Crippen LogP contribution in [0.5, 0.6) is 0 Å². The zero-order valence-electron chi connectivity index (χ0n) is 13.2. The zero-order valence-corrected chi connectivity index (χ0v) is 13.2. The van der Waals surface area contributed by atoms with Crippen LogP contribution in [-0.2, 0) is 10.2 Å². The van der Waals surface area contributed by atoms with E-state index in [1.165, 1.54) is 6.07 Å². The van der Waals surface area contributed by atoms with E-state index >= 15 is 0 Å². The van der Waals surface area contributed by atoms with Gasteiger partial charge >= 0.3 is 0 Å². The van der Waals surface area contributed by atoms with Crippen molar-refractivity contribution < 1.29 is 14.3 Å². The third kappa shape index (κ3) is 4.81. The molecular weight excluding hydrogens is 269 g/mol. The molecule has 0 aliphatic carbocycles. The first-order chi connectivity index (χ1) is 9.93. The van der Waals surface area contributed by atoms with E-state index in [1.54, 1.807) is 32.0 Å². The number of carbonyl (C=O) groups excluding carboxylic acids is 1. The highest BCUT2D eigenvalue weighted by molar-refractivity contribution is 5.87. The maximum Gasteiger partial charge on any atom is 0.230 e. The van der Waals surface area contributed by atoms with E-state index in [0.29, 0.717) is 18.5 Å². The molecule has 0 bridgehead atoms. The normalized spacial score (nSPS) is 13.0. The molecule has 0 heterocycles. The summed E-state index contributed by atoms with van der Waals surface area (Å²) in [7, 11) is 0. The van der Waals surface area contributed by atoms with E-state index in [9.17, 15) is 9.18 Å². The van der Waals surface area contributed by atoms with Crippen molar-refractivity contribution in [2.45, 2.75) is 45.4 Å². The molecule has 4 heteroatoms. The number of nitrogens with one attached hydrogen (secondary N) is 1. The second-order valence-corrected chi connectivity index (χ2v) is 5.98. The Morgan fingerprint density at radius 3 is 2.57 bits per heavy atom. The van der Waals surface area contributed by atoms with Crippen molar-refractivity contribution in [3.63, 3.8) is 0 Å². The summed E-state index contributed by atoms with van der Waals surface area (Å²) in [4.78, 5) is 12.4. The molecule has 1 aromatic carbocycles. The molecule has 0 radical (unpaired) electrons. The molecule has 3 nitrogen and oxygen atoms in total. The van der Waals surface area contributed by atoms with Gasteiger partial charge in [-0.2, -0.15) is 0 Å². The lowest BCUT2D eigenvalue weighted by molar-refractivity contribution is -0.126. The van der Waals surface area contributed by atoms with Crippen molar-refractivity contribution >= 4 is 5.91 Å². The van der Waals surface area contributed by atoms with Crippen LogP contribution in [0.25, 0.3) is 0 Å². The van der Waals surface area contributed by atoms with Crippen molar-refractivity contribution in [2.75, 3.05) is 13.2 Å². The summed E-state index contributed by atoms with van der Waals surface area (Å²) in [5.74, 6) is -0.287. The Morgan fingerprint density at radius 1 is 1.33 bits per heavy atom. The Morgan fingerprint density at radius 2 is 2.00 bits per heavy atom. The second kappa shape index (κ2) is 8.13. The van der Waals surface area contributed by atoms with Crippen molar-refractivity contribution in [1.82, 2.24) is 5.32 Å². The predicted molar refractivity (Wildman–Crippen MR) is 82.5 cm³/mol. The van der Waals surface area contributed by atoms with Crippen molar-refractivity contribution in [1.29, 1.82) is 0 Å². The largest absolute Gasteiger partial charge is 0.396 e. The van der Waals surface area contributed by atoms with Gasteiger partial charge in [0.05, 0.1) is 5.41 Å². The smallest absolute Gasteiger partial charge is 0.230 e. The number of aliphatic hydroxyl groups excluding tert-OH is 1. The summed E-state index contributed by atoms with van der Waals surface area (Å²) in [6.45, 7) is 6.17. The number of amides is 1. The molecule has 0 saturated heterocycles. The van der Waals surface area contributed by atoms with E-state index in [-0.39, 0.29) is 24.2 Å². The topological polar surface area (TPSA) is 49.3 Å². The minimum atomic E-state index is -0.915. The molecule has 1 amide bonds. The third-order valence-electron chi connectivity index (χ3n) is 3.90. The molecule has 118 valence electrons. The summed E-state index contributed by atoms with van der Waals surface area (Å²) in [6, 6.07) is 6.37. The number of benzene rings is 1. The average Bonchev–Trinajstić information content (AvgIpc) is 2.45. The van der Waals surface area contributed by atoms with Crippen LogP contribution in [-0.4, -0.2) is 24.2 Å². The molecule has 0 aromatic heterocycles. The quantitative estimate of drug-likeness (QED) is 0.774. The van der Waals surface area contributed by atoms with Gasteiger partial charge in [-0.05, 0) is 38.7 Å². The van der Waals surface area contributed by atoms with Gasteiger partial charge < -0.3 is 10.4 Å². The first kappa shape index (κ1) is 17.6. The highest BCUT2D eigenvalue weighted by atomic mass is 19.1. The average molecular weight is 295 g/mol. The summed E-state index contributed by atoms with van der Waals surface area (Å²) >= 11 is 0. The Kier molecular flexibility index (Phi) is 6.82. The van der Waals surface area contributed by atoms with E-state index in [4.69, 9.17) is 5.11 Å². The monoisotopic (exact) mass is 295 g/mol. The fourth-order valence-corrected chi connectivity index (χ4v) is 2.49. The van der Waals surface area contributed by atoms with E-state index < -0.39 is 5.41 Å². The number of carbonyl (C=O) groups is 1. The standard InChI is InChI=1S/C17H26FNO2/c1-4-7-13(10-11-20)12-19-16(21)17(2,3)14-8-5-6-9-15(14)18/h5-6,8-9,13,20H,4,7,10-12H2,1-3H3,(H,19,21). The molecule has 0 spiro atoms. The molecule has 1 aromatic rings. The van der Waals surface area contributed by atoms with Gasteiger partial charge in [-0.25, -0.2) is 4.39 Å². The first-order valence-electron chi connectivity index (χ1n) is 7.57. The zero-order chi connectivity index (χ0) is 15.9. The predicted octanol–water partition coefficient (Wildman–Crippen LogP) is 3.02. The summed E-state index contributed by atoms with van der Waals surface area (Å²) in [5, 5.41) is 11.9. The van der Waals surface area contributed by atoms with Gasteiger partial charge in [0.15, 0.2) is 0 Å². The lowest BCUT2D eigenvalue weighted by Crippen LogP contribution is -2.42. The van der Waals surface area contributed by atoms with Crippen LogP contribution in [0.15, 0.2) is 24.3 Å². The number of hydrogen-bond acceptors (Lipinski definition) is 2. The van der Waals surface area contributed by atoms with Crippen LogP contribution in [0.3, 0.4) is 0 Å². The van der Waals surface area contributed by atoms with Crippen LogP contribution in [0, 0.1) is 11.7 Å². The molecule has 21 heavy (non-hydrogen) atoms. The maximum absolute atomic E-state index is 13.9. The van der Waals surface area contributed by atoms with Gasteiger partial charge in [-0.3, -0.25) is 4.79 Å². The fourth-order valence-electron chi connectivity index (χ4n) is 2.49. The number of halogens is 1. The number of rotatable bonds is 8. The van der Waals surface area contributed by atoms with Gasteiger partial charge in [-0.1, -0.05) is 31.5 Å². The lowest BCUT2D eigenvalue weighted by Gasteiger charge is -2.26. The van der Waals surface area contributed by atoms with Gasteiger partial charge in [0.2, 0.25) is 5.91 Å². The van der Waals surface area contributed by atoms with Crippen LogP contribution in [0.1, 0.15) is 45.6 Å². The fraction of sp³-hybridized carbons (Fsp3) is 0.588. The second-order valence-electron chi connectivity index (χ2n) is 5.98. The number of hydrogen-bond donors (Lipinski definition) is 2. The molecule has 0 aliphatic rings. The summed E-state index contributed by atoms with van der Waals surface area (Å²) in [5.41, 5.74) is -0.516. The van der Waals surface area contributed by atoms with E-state index in [0.717, 1.165) is 12.8 Å². The lowest BCUT2D eigenvalue weighted by atomic mass is 9.83. The first-order valence-corrected chi connectivity index (χ1v) is 7.57. The molecule has 1 rings (SSSR count). The van der Waals surface area contributed by atoms with Crippen molar-refractivity contribution in [3.05, 3.63) is 35.6 Å². The van der Waals surface area contributed by atoms with Crippen LogP contribution < -0.4 is 5.32 Å². The van der Waals surface area contributed by atoms with Crippen LogP contribution in [0.4, 0.5) is 4.39 Å². The molecule has 0 saturated carbocycles. The molecule has 2 N–H and O–H groups in total. The van der Waals surface area contributed by atoms with Crippen molar-refractivity contribution in [3.8, 4) is 0 Å². The Bertz CT molecular complexity index is 454. The molecule has 1 atom stereocenters. The van der Waals surface area contributed by atoms with Crippen molar-refractivity contribution in [2.24, 2.45) is 5.92 Å². The molecule has 1 unspecified atom stereocenters. The van der Waals surface area contributed by atoms with Gasteiger partial charge in [-0.15, -0.1) is 0 Å². The SMILES string of the molecule is CCCC(CCO)CNC(=O)C(C)(C)c1ccccc1F. The minimum absolute atomic E-state index is 0.122. The van der Waals surface area contributed by atoms with E-state index in [1.807, 2.05) is 0 Å².